The second-order valence-electron chi connectivity index (χ2n) is 4.09. The van der Waals surface area contributed by atoms with Gasteiger partial charge in [0.25, 0.3) is 5.89 Å². The van der Waals surface area contributed by atoms with Crippen LogP contribution in [0.2, 0.25) is 0 Å². The van der Waals surface area contributed by atoms with Crippen molar-refractivity contribution >= 4 is 0 Å². The molecule has 3 rings (SSSR count). The predicted octanol–water partition coefficient (Wildman–Crippen LogP) is 3.21. The lowest BCUT2D eigenvalue weighted by molar-refractivity contribution is -0.137. The lowest BCUT2D eigenvalue weighted by Gasteiger charge is -2.06. The summed E-state index contributed by atoms with van der Waals surface area (Å²) in [4.78, 5) is 11.9. The molecule has 0 aliphatic heterocycles. The molecule has 0 saturated carbocycles. The number of hydrogen-bond acceptors (Lipinski definition) is 5. The predicted molar refractivity (Wildman–Crippen MR) is 65.8 cm³/mol. The Morgan fingerprint density at radius 2 is 1.95 bits per heavy atom. The zero-order valence-electron chi connectivity index (χ0n) is 10.4. The van der Waals surface area contributed by atoms with Crippen LogP contribution in [0.5, 0.6) is 0 Å². The van der Waals surface area contributed by atoms with Crippen molar-refractivity contribution in [1.82, 2.24) is 20.1 Å². The first kappa shape index (κ1) is 13.2. The second kappa shape index (κ2) is 4.97. The Hall–Kier alpha value is -2.77. The molecule has 0 spiro atoms. The molecule has 8 heteroatoms. The van der Waals surface area contributed by atoms with Gasteiger partial charge in [0.15, 0.2) is 0 Å². The maximum absolute atomic E-state index is 12.7. The van der Waals surface area contributed by atoms with Gasteiger partial charge in [-0.3, -0.25) is 4.98 Å². The number of alkyl halides is 3. The van der Waals surface area contributed by atoms with Crippen LogP contribution in [-0.4, -0.2) is 20.1 Å². The summed E-state index contributed by atoms with van der Waals surface area (Å²) in [7, 11) is 0. The Balaban J connectivity index is 1.97. The summed E-state index contributed by atoms with van der Waals surface area (Å²) in [6.45, 7) is 0. The normalized spacial score (nSPS) is 11.6. The lowest BCUT2D eigenvalue weighted by Crippen LogP contribution is -2.04. The van der Waals surface area contributed by atoms with Gasteiger partial charge in [-0.25, -0.2) is 4.98 Å². The number of nitrogens with zero attached hydrogens (tertiary/aromatic N) is 4. The van der Waals surface area contributed by atoms with Crippen molar-refractivity contribution < 1.29 is 17.7 Å². The van der Waals surface area contributed by atoms with E-state index < -0.39 is 11.7 Å². The monoisotopic (exact) mass is 292 g/mol. The minimum Gasteiger partial charge on any atom is -0.332 e. The van der Waals surface area contributed by atoms with Crippen LogP contribution >= 0.6 is 0 Å². The van der Waals surface area contributed by atoms with Crippen molar-refractivity contribution in [2.75, 3.05) is 0 Å². The van der Waals surface area contributed by atoms with Gasteiger partial charge in [0.1, 0.15) is 5.69 Å². The smallest absolute Gasteiger partial charge is 0.332 e. The van der Waals surface area contributed by atoms with Crippen LogP contribution in [0.15, 0.2) is 47.4 Å². The number of hydrogen-bond donors (Lipinski definition) is 0. The number of aromatic nitrogens is 4. The first-order valence-corrected chi connectivity index (χ1v) is 5.82. The highest BCUT2D eigenvalue weighted by molar-refractivity contribution is 5.58. The highest BCUT2D eigenvalue weighted by Crippen LogP contribution is 2.31. The highest BCUT2D eigenvalue weighted by Gasteiger charge is 2.30. The van der Waals surface area contributed by atoms with E-state index in [1.54, 1.807) is 0 Å². The van der Waals surface area contributed by atoms with Gasteiger partial charge in [-0.05, 0) is 12.1 Å². The molecule has 0 bridgehead atoms. The Bertz CT molecular complexity index is 755. The highest BCUT2D eigenvalue weighted by atomic mass is 19.4. The van der Waals surface area contributed by atoms with Gasteiger partial charge in [-0.1, -0.05) is 17.3 Å². The van der Waals surface area contributed by atoms with Crippen molar-refractivity contribution in [3.8, 4) is 23.0 Å². The molecule has 0 amide bonds. The minimum absolute atomic E-state index is 0.0572. The molecule has 0 unspecified atom stereocenters. The van der Waals surface area contributed by atoms with E-state index in [9.17, 15) is 13.2 Å². The topological polar surface area (TPSA) is 64.7 Å². The summed E-state index contributed by atoms with van der Waals surface area (Å²) in [5.41, 5.74) is -0.210. The quantitative estimate of drug-likeness (QED) is 0.725. The fraction of sp³-hybridized carbons (Fsp3) is 0.0769. The van der Waals surface area contributed by atoms with Crippen molar-refractivity contribution in [2.45, 2.75) is 6.18 Å². The number of halogens is 3. The van der Waals surface area contributed by atoms with E-state index in [2.05, 4.69) is 20.1 Å². The standard InChI is InChI=1S/C13H7F3N4O/c14-13(15,16)9-3-1-2-8(6-9)11-19-12(21-20-11)10-7-17-4-5-18-10/h1-7H. The van der Waals surface area contributed by atoms with Crippen LogP contribution in [0, 0.1) is 0 Å². The molecule has 21 heavy (non-hydrogen) atoms. The van der Waals surface area contributed by atoms with Crippen LogP contribution in [0.3, 0.4) is 0 Å². The Labute approximate surface area is 116 Å². The summed E-state index contributed by atoms with van der Waals surface area (Å²) in [5, 5.41) is 3.66. The zero-order chi connectivity index (χ0) is 14.9. The van der Waals surface area contributed by atoms with Crippen LogP contribution in [0.1, 0.15) is 5.56 Å². The van der Waals surface area contributed by atoms with Crippen molar-refractivity contribution in [3.05, 3.63) is 48.4 Å². The van der Waals surface area contributed by atoms with E-state index in [4.69, 9.17) is 4.52 Å². The first-order chi connectivity index (χ1) is 10.0. The third-order valence-corrected chi connectivity index (χ3v) is 2.66. The van der Waals surface area contributed by atoms with E-state index in [0.29, 0.717) is 5.69 Å². The largest absolute Gasteiger partial charge is 0.416 e. The van der Waals surface area contributed by atoms with Gasteiger partial charge >= 0.3 is 6.18 Å². The molecule has 2 heterocycles. The third kappa shape index (κ3) is 2.73. The lowest BCUT2D eigenvalue weighted by atomic mass is 10.1. The maximum atomic E-state index is 12.7. The average Bonchev–Trinajstić information content (AvgIpc) is 2.97. The average molecular weight is 292 g/mol. The summed E-state index contributed by atoms with van der Waals surface area (Å²) < 4.78 is 43.0. The molecule has 0 saturated heterocycles. The maximum Gasteiger partial charge on any atom is 0.416 e. The van der Waals surface area contributed by atoms with Gasteiger partial charge in [0.05, 0.1) is 11.8 Å². The van der Waals surface area contributed by atoms with Gasteiger partial charge in [-0.15, -0.1) is 0 Å². The van der Waals surface area contributed by atoms with Crippen molar-refractivity contribution in [2.24, 2.45) is 0 Å². The molecular weight excluding hydrogens is 285 g/mol. The summed E-state index contributed by atoms with van der Waals surface area (Å²) in [6, 6.07) is 4.70. The molecule has 3 aromatic rings. The van der Waals surface area contributed by atoms with E-state index >= 15 is 0 Å². The Kier molecular flexibility index (Phi) is 3.13. The van der Waals surface area contributed by atoms with E-state index in [0.717, 1.165) is 12.1 Å². The molecule has 0 aliphatic rings. The zero-order valence-corrected chi connectivity index (χ0v) is 10.4. The summed E-state index contributed by atoms with van der Waals surface area (Å²) >= 11 is 0. The molecule has 0 atom stereocenters. The molecule has 0 aliphatic carbocycles. The summed E-state index contributed by atoms with van der Waals surface area (Å²) in [5.74, 6) is 0.150. The van der Waals surface area contributed by atoms with E-state index in [1.807, 2.05) is 0 Å². The Morgan fingerprint density at radius 1 is 1.10 bits per heavy atom. The molecule has 106 valence electrons. The van der Waals surface area contributed by atoms with Crippen LogP contribution < -0.4 is 0 Å². The minimum atomic E-state index is -4.42. The van der Waals surface area contributed by atoms with E-state index in [-0.39, 0.29) is 17.3 Å². The van der Waals surface area contributed by atoms with Gasteiger partial charge in [-0.2, -0.15) is 18.2 Å². The molecule has 0 fully saturated rings. The van der Waals surface area contributed by atoms with Gasteiger partial charge in [0.2, 0.25) is 5.82 Å². The fourth-order valence-corrected chi connectivity index (χ4v) is 1.69. The van der Waals surface area contributed by atoms with E-state index in [1.165, 1.54) is 30.7 Å². The Morgan fingerprint density at radius 3 is 2.67 bits per heavy atom. The molecule has 0 radical (unpaired) electrons. The molecule has 0 N–H and O–H groups in total. The molecule has 1 aromatic carbocycles. The van der Waals surface area contributed by atoms with Crippen LogP contribution in [0.4, 0.5) is 13.2 Å². The number of benzene rings is 1. The van der Waals surface area contributed by atoms with Crippen LogP contribution in [0.25, 0.3) is 23.0 Å². The fourth-order valence-electron chi connectivity index (χ4n) is 1.69. The third-order valence-electron chi connectivity index (χ3n) is 2.66. The summed E-state index contributed by atoms with van der Waals surface area (Å²) in [6.07, 6.45) is -0.0754. The van der Waals surface area contributed by atoms with Gasteiger partial charge < -0.3 is 4.52 Å². The molecule has 5 nitrogen and oxygen atoms in total. The van der Waals surface area contributed by atoms with Crippen molar-refractivity contribution in [1.29, 1.82) is 0 Å². The number of rotatable bonds is 2. The molecular formula is C13H7F3N4O. The first-order valence-electron chi connectivity index (χ1n) is 5.82. The van der Waals surface area contributed by atoms with Crippen molar-refractivity contribution in [3.63, 3.8) is 0 Å². The SMILES string of the molecule is FC(F)(F)c1cccc(-c2noc(-c3cnccn3)n2)c1. The van der Waals surface area contributed by atoms with Crippen LogP contribution in [-0.2, 0) is 6.18 Å². The second-order valence-corrected chi connectivity index (χ2v) is 4.09. The molecule has 2 aromatic heterocycles. The van der Waals surface area contributed by atoms with Gasteiger partial charge in [0, 0.05) is 18.0 Å².